The zero-order valence-electron chi connectivity index (χ0n) is 12.1. The van der Waals surface area contributed by atoms with Crippen LogP contribution >= 0.6 is 15.9 Å². The van der Waals surface area contributed by atoms with Gasteiger partial charge in [-0.3, -0.25) is 0 Å². The maximum absolute atomic E-state index is 14.2. The Morgan fingerprint density at radius 2 is 1.86 bits per heavy atom. The van der Waals surface area contributed by atoms with Gasteiger partial charge in [0.1, 0.15) is 6.61 Å². The maximum atomic E-state index is 14.2. The lowest BCUT2D eigenvalue weighted by Gasteiger charge is -2.23. The molecule has 2 nitrogen and oxygen atoms in total. The second-order valence-electron chi connectivity index (χ2n) is 5.59. The zero-order chi connectivity index (χ0) is 15.5. The molecule has 0 aliphatic heterocycles. The molecule has 0 spiro atoms. The predicted octanol–water partition coefficient (Wildman–Crippen LogP) is 4.44. The standard InChI is InChI=1S/C17H18BrFO2/c1-17(2,11-20)13-8-14(18)16(15(19)9-13)21-10-12-6-4-3-5-7-12/h3-9,20H,10-11H2,1-2H3. The summed E-state index contributed by atoms with van der Waals surface area (Å²) < 4.78 is 20.4. The molecule has 0 bridgehead atoms. The van der Waals surface area contributed by atoms with Gasteiger partial charge in [-0.05, 0) is 39.2 Å². The Hall–Kier alpha value is -1.39. The molecule has 0 unspecified atom stereocenters. The molecule has 0 aliphatic rings. The summed E-state index contributed by atoms with van der Waals surface area (Å²) in [5, 5.41) is 9.38. The fourth-order valence-corrected chi connectivity index (χ4v) is 2.46. The third kappa shape index (κ3) is 3.83. The van der Waals surface area contributed by atoms with Crippen LogP contribution in [-0.4, -0.2) is 11.7 Å². The summed E-state index contributed by atoms with van der Waals surface area (Å²) in [4.78, 5) is 0. The SMILES string of the molecule is CC(C)(CO)c1cc(F)c(OCc2ccccc2)c(Br)c1. The lowest BCUT2D eigenvalue weighted by atomic mass is 9.85. The molecule has 0 radical (unpaired) electrons. The molecule has 0 fully saturated rings. The van der Waals surface area contributed by atoms with Crippen molar-refractivity contribution in [2.75, 3.05) is 6.61 Å². The Balaban J connectivity index is 2.22. The average Bonchev–Trinajstić information content (AvgIpc) is 2.47. The van der Waals surface area contributed by atoms with E-state index in [9.17, 15) is 9.50 Å². The van der Waals surface area contributed by atoms with Crippen LogP contribution in [0.25, 0.3) is 0 Å². The summed E-state index contributed by atoms with van der Waals surface area (Å²) in [6.07, 6.45) is 0. The Labute approximate surface area is 132 Å². The highest BCUT2D eigenvalue weighted by atomic mass is 79.9. The summed E-state index contributed by atoms with van der Waals surface area (Å²) in [5.41, 5.74) is 1.20. The van der Waals surface area contributed by atoms with Gasteiger partial charge in [-0.15, -0.1) is 0 Å². The minimum atomic E-state index is -0.499. The average molecular weight is 353 g/mol. The van der Waals surface area contributed by atoms with Gasteiger partial charge in [0.05, 0.1) is 11.1 Å². The third-order valence-electron chi connectivity index (χ3n) is 3.40. The van der Waals surface area contributed by atoms with E-state index in [0.29, 0.717) is 11.1 Å². The quantitative estimate of drug-likeness (QED) is 0.861. The molecule has 2 aromatic rings. The van der Waals surface area contributed by atoms with Crippen LogP contribution in [0.5, 0.6) is 5.75 Å². The number of halogens is 2. The molecule has 2 rings (SSSR count). The zero-order valence-corrected chi connectivity index (χ0v) is 13.7. The molecule has 0 saturated heterocycles. The monoisotopic (exact) mass is 352 g/mol. The molecule has 112 valence electrons. The third-order valence-corrected chi connectivity index (χ3v) is 3.99. The number of benzene rings is 2. The number of aliphatic hydroxyl groups excluding tert-OH is 1. The van der Waals surface area contributed by atoms with E-state index in [-0.39, 0.29) is 12.4 Å². The van der Waals surface area contributed by atoms with Crippen LogP contribution in [0.2, 0.25) is 0 Å². The number of ether oxygens (including phenoxy) is 1. The second-order valence-corrected chi connectivity index (χ2v) is 6.44. The van der Waals surface area contributed by atoms with Crippen molar-refractivity contribution in [3.05, 3.63) is 63.9 Å². The Bertz CT molecular complexity index is 588. The molecule has 0 atom stereocenters. The van der Waals surface area contributed by atoms with Crippen LogP contribution < -0.4 is 4.74 Å². The molecular weight excluding hydrogens is 335 g/mol. The van der Waals surface area contributed by atoms with Gasteiger partial charge in [0, 0.05) is 5.41 Å². The normalized spacial score (nSPS) is 11.5. The summed E-state index contributed by atoms with van der Waals surface area (Å²) in [5.74, 6) is -0.242. The number of rotatable bonds is 5. The number of aliphatic hydroxyl groups is 1. The highest BCUT2D eigenvalue weighted by molar-refractivity contribution is 9.10. The molecule has 0 aromatic heterocycles. The van der Waals surface area contributed by atoms with Crippen molar-refractivity contribution in [1.29, 1.82) is 0 Å². The summed E-state index contributed by atoms with van der Waals surface area (Å²) in [6.45, 7) is 3.97. The summed E-state index contributed by atoms with van der Waals surface area (Å²) >= 11 is 3.35. The van der Waals surface area contributed by atoms with Crippen LogP contribution in [0.15, 0.2) is 46.9 Å². The molecule has 0 saturated carbocycles. The first-order chi connectivity index (χ1) is 9.94. The summed E-state index contributed by atoms with van der Waals surface area (Å²) in [6, 6.07) is 12.8. The largest absolute Gasteiger partial charge is 0.485 e. The van der Waals surface area contributed by atoms with Gasteiger partial charge in [0.25, 0.3) is 0 Å². The van der Waals surface area contributed by atoms with Crippen molar-refractivity contribution < 1.29 is 14.2 Å². The van der Waals surface area contributed by atoms with Crippen LogP contribution in [0.3, 0.4) is 0 Å². The Morgan fingerprint density at radius 1 is 1.19 bits per heavy atom. The number of hydrogen-bond donors (Lipinski definition) is 1. The van der Waals surface area contributed by atoms with Crippen molar-refractivity contribution in [2.24, 2.45) is 0 Å². The first kappa shape index (κ1) is 16.0. The van der Waals surface area contributed by atoms with Crippen molar-refractivity contribution >= 4 is 15.9 Å². The molecule has 4 heteroatoms. The molecule has 0 amide bonds. The highest BCUT2D eigenvalue weighted by Crippen LogP contribution is 2.34. The van der Waals surface area contributed by atoms with E-state index in [1.807, 2.05) is 44.2 Å². The Morgan fingerprint density at radius 3 is 2.43 bits per heavy atom. The maximum Gasteiger partial charge on any atom is 0.169 e. The molecule has 21 heavy (non-hydrogen) atoms. The lowest BCUT2D eigenvalue weighted by Crippen LogP contribution is -2.22. The fraction of sp³-hybridized carbons (Fsp3) is 0.294. The minimum absolute atomic E-state index is 0.0525. The fourth-order valence-electron chi connectivity index (χ4n) is 1.91. The van der Waals surface area contributed by atoms with Gasteiger partial charge in [-0.1, -0.05) is 44.2 Å². The molecule has 0 aliphatic carbocycles. The van der Waals surface area contributed by atoms with Gasteiger partial charge in [-0.2, -0.15) is 0 Å². The van der Waals surface area contributed by atoms with E-state index in [2.05, 4.69) is 15.9 Å². The van der Waals surface area contributed by atoms with Gasteiger partial charge in [0.15, 0.2) is 11.6 Å². The molecule has 2 aromatic carbocycles. The molecular formula is C17H18BrFO2. The minimum Gasteiger partial charge on any atom is -0.485 e. The van der Waals surface area contributed by atoms with Crippen molar-refractivity contribution in [1.82, 2.24) is 0 Å². The second kappa shape index (κ2) is 6.58. The summed E-state index contributed by atoms with van der Waals surface area (Å²) in [7, 11) is 0. The van der Waals surface area contributed by atoms with E-state index in [1.165, 1.54) is 6.07 Å². The highest BCUT2D eigenvalue weighted by Gasteiger charge is 2.23. The van der Waals surface area contributed by atoms with E-state index < -0.39 is 11.2 Å². The van der Waals surface area contributed by atoms with E-state index >= 15 is 0 Å². The van der Waals surface area contributed by atoms with Crippen LogP contribution in [-0.2, 0) is 12.0 Å². The van der Waals surface area contributed by atoms with Crippen LogP contribution in [0, 0.1) is 5.82 Å². The predicted molar refractivity (Wildman–Crippen MR) is 85.0 cm³/mol. The van der Waals surface area contributed by atoms with Gasteiger partial charge in [-0.25, -0.2) is 4.39 Å². The number of hydrogen-bond acceptors (Lipinski definition) is 2. The molecule has 1 N–H and O–H groups in total. The van der Waals surface area contributed by atoms with Gasteiger partial charge < -0.3 is 9.84 Å². The van der Waals surface area contributed by atoms with E-state index in [0.717, 1.165) is 11.1 Å². The topological polar surface area (TPSA) is 29.5 Å². The van der Waals surface area contributed by atoms with Crippen LogP contribution in [0.4, 0.5) is 4.39 Å². The van der Waals surface area contributed by atoms with E-state index in [1.54, 1.807) is 6.07 Å². The van der Waals surface area contributed by atoms with Crippen molar-refractivity contribution in [2.45, 2.75) is 25.9 Å². The van der Waals surface area contributed by atoms with Crippen molar-refractivity contribution in [3.63, 3.8) is 0 Å². The van der Waals surface area contributed by atoms with Gasteiger partial charge >= 0.3 is 0 Å². The lowest BCUT2D eigenvalue weighted by molar-refractivity contribution is 0.217. The smallest absolute Gasteiger partial charge is 0.169 e. The van der Waals surface area contributed by atoms with Crippen molar-refractivity contribution in [3.8, 4) is 5.75 Å². The first-order valence-corrected chi connectivity index (χ1v) is 7.50. The molecule has 0 heterocycles. The Kier molecular flexibility index (Phi) is 5.01. The van der Waals surface area contributed by atoms with Crippen LogP contribution in [0.1, 0.15) is 25.0 Å². The van der Waals surface area contributed by atoms with E-state index in [4.69, 9.17) is 4.74 Å². The first-order valence-electron chi connectivity index (χ1n) is 6.71. The van der Waals surface area contributed by atoms with Gasteiger partial charge in [0.2, 0.25) is 0 Å².